The minimum Gasteiger partial charge on any atom is -0.342 e. The van der Waals surface area contributed by atoms with Crippen LogP contribution >= 0.6 is 11.8 Å². The summed E-state index contributed by atoms with van der Waals surface area (Å²) in [5.74, 6) is 0.402. The summed E-state index contributed by atoms with van der Waals surface area (Å²) in [4.78, 5) is 31.6. The summed E-state index contributed by atoms with van der Waals surface area (Å²) in [5, 5.41) is 3.78. The van der Waals surface area contributed by atoms with Gasteiger partial charge in [0.1, 0.15) is 0 Å². The van der Waals surface area contributed by atoms with E-state index in [-0.39, 0.29) is 17.7 Å². The van der Waals surface area contributed by atoms with Crippen molar-refractivity contribution in [1.29, 1.82) is 0 Å². The van der Waals surface area contributed by atoms with Crippen LogP contribution in [0.5, 0.6) is 0 Å². The van der Waals surface area contributed by atoms with Gasteiger partial charge in [-0.1, -0.05) is 42.1 Å². The van der Waals surface area contributed by atoms with Crippen molar-refractivity contribution in [3.8, 4) is 5.69 Å². The molecule has 0 spiro atoms. The molecule has 166 valence electrons. The maximum absolute atomic E-state index is 12.8. The normalized spacial score (nSPS) is 14.4. The van der Waals surface area contributed by atoms with E-state index in [1.807, 2.05) is 46.0 Å². The van der Waals surface area contributed by atoms with Crippen molar-refractivity contribution in [2.75, 3.05) is 24.2 Å². The van der Waals surface area contributed by atoms with E-state index in [0.717, 1.165) is 22.1 Å². The van der Waals surface area contributed by atoms with Gasteiger partial charge in [-0.15, -0.1) is 0 Å². The molecule has 1 fully saturated rings. The zero-order chi connectivity index (χ0) is 22.5. The van der Waals surface area contributed by atoms with Crippen molar-refractivity contribution in [3.63, 3.8) is 0 Å². The average Bonchev–Trinajstić information content (AvgIpc) is 3.28. The van der Waals surface area contributed by atoms with Crippen LogP contribution in [0.4, 0.5) is 5.69 Å². The van der Waals surface area contributed by atoms with Crippen LogP contribution in [-0.4, -0.2) is 45.1 Å². The lowest BCUT2D eigenvalue weighted by molar-refractivity contribution is -0.132. The molecule has 2 heterocycles. The molecule has 2 amide bonds. The lowest BCUT2D eigenvalue weighted by Gasteiger charge is -2.31. The minimum absolute atomic E-state index is 0.0354. The van der Waals surface area contributed by atoms with E-state index >= 15 is 0 Å². The van der Waals surface area contributed by atoms with Crippen LogP contribution in [0, 0.1) is 19.8 Å². The number of thioether (sulfide) groups is 1. The van der Waals surface area contributed by atoms with Crippen LogP contribution in [0.25, 0.3) is 5.69 Å². The Labute approximate surface area is 193 Å². The summed E-state index contributed by atoms with van der Waals surface area (Å²) in [6.45, 7) is 5.36. The Morgan fingerprint density at radius 1 is 1.09 bits per heavy atom. The number of aryl methyl sites for hydroxylation is 2. The summed E-state index contributed by atoms with van der Waals surface area (Å²) < 4.78 is 2.04. The van der Waals surface area contributed by atoms with Crippen molar-refractivity contribution in [2.45, 2.75) is 31.8 Å². The molecule has 32 heavy (non-hydrogen) atoms. The summed E-state index contributed by atoms with van der Waals surface area (Å²) >= 11 is 1.46. The van der Waals surface area contributed by atoms with E-state index in [1.165, 1.54) is 17.3 Å². The molecule has 1 aliphatic heterocycles. The maximum atomic E-state index is 12.8. The summed E-state index contributed by atoms with van der Waals surface area (Å²) in [6.07, 6.45) is 5.08. The summed E-state index contributed by atoms with van der Waals surface area (Å²) in [7, 11) is 0. The predicted octanol–water partition coefficient (Wildman–Crippen LogP) is 4.46. The van der Waals surface area contributed by atoms with Crippen LogP contribution in [0.15, 0.2) is 66.1 Å². The zero-order valence-corrected chi connectivity index (χ0v) is 19.3. The summed E-state index contributed by atoms with van der Waals surface area (Å²) in [5.41, 5.74) is 4.25. The van der Waals surface area contributed by atoms with Gasteiger partial charge in [0.15, 0.2) is 5.16 Å². The van der Waals surface area contributed by atoms with Gasteiger partial charge in [0.2, 0.25) is 11.8 Å². The number of para-hydroxylation sites is 1. The second-order valence-electron chi connectivity index (χ2n) is 8.17. The molecule has 1 aliphatic rings. The van der Waals surface area contributed by atoms with Crippen LogP contribution in [0.2, 0.25) is 0 Å². The molecule has 0 aliphatic carbocycles. The second kappa shape index (κ2) is 10.0. The Morgan fingerprint density at radius 2 is 1.84 bits per heavy atom. The van der Waals surface area contributed by atoms with Crippen molar-refractivity contribution in [2.24, 2.45) is 5.92 Å². The van der Waals surface area contributed by atoms with Gasteiger partial charge >= 0.3 is 0 Å². The largest absolute Gasteiger partial charge is 0.342 e. The number of nitrogens with one attached hydrogen (secondary N) is 1. The molecule has 0 bridgehead atoms. The molecule has 1 aromatic heterocycles. The van der Waals surface area contributed by atoms with Crippen molar-refractivity contribution in [3.05, 3.63) is 72.1 Å². The van der Waals surface area contributed by atoms with Gasteiger partial charge in [0.05, 0.1) is 11.4 Å². The SMILES string of the molecule is Cc1ccc(C)c(-n2ccnc2SCC(=O)N2CCC(C(=O)Nc3ccccc3)CC2)c1. The molecule has 0 unspecified atom stereocenters. The first kappa shape index (κ1) is 22.1. The van der Waals surface area contributed by atoms with Crippen LogP contribution in [0.1, 0.15) is 24.0 Å². The van der Waals surface area contributed by atoms with Gasteiger partial charge in [0.25, 0.3) is 0 Å². The number of carbonyl (C=O) groups is 2. The first-order valence-corrected chi connectivity index (χ1v) is 11.9. The molecule has 4 rings (SSSR count). The lowest BCUT2D eigenvalue weighted by atomic mass is 9.96. The molecule has 1 N–H and O–H groups in total. The zero-order valence-electron chi connectivity index (χ0n) is 18.5. The predicted molar refractivity (Wildman–Crippen MR) is 128 cm³/mol. The molecule has 2 aromatic carbocycles. The highest BCUT2D eigenvalue weighted by Gasteiger charge is 2.27. The van der Waals surface area contributed by atoms with Gasteiger partial charge in [-0.2, -0.15) is 0 Å². The van der Waals surface area contributed by atoms with E-state index in [0.29, 0.717) is 31.7 Å². The number of imidazole rings is 1. The Kier molecular flexibility index (Phi) is 6.95. The number of benzene rings is 2. The Morgan fingerprint density at radius 3 is 2.59 bits per heavy atom. The average molecular weight is 449 g/mol. The molecule has 6 nitrogen and oxygen atoms in total. The number of carbonyl (C=O) groups excluding carboxylic acids is 2. The minimum atomic E-state index is -0.0601. The number of hydrogen-bond acceptors (Lipinski definition) is 4. The number of nitrogens with zero attached hydrogens (tertiary/aromatic N) is 3. The first-order chi connectivity index (χ1) is 15.5. The topological polar surface area (TPSA) is 67.2 Å². The van der Waals surface area contributed by atoms with Gasteiger partial charge in [0, 0.05) is 37.1 Å². The molecule has 7 heteroatoms. The molecule has 0 radical (unpaired) electrons. The second-order valence-corrected chi connectivity index (χ2v) is 9.11. The van der Waals surface area contributed by atoms with Gasteiger partial charge < -0.3 is 10.2 Å². The standard InChI is InChI=1S/C25H28N4O2S/c1-18-8-9-19(2)22(16-18)29-15-12-26-25(29)32-17-23(30)28-13-10-20(11-14-28)24(31)27-21-6-4-3-5-7-21/h3-9,12,15-16,20H,10-11,13-14,17H2,1-2H3,(H,27,31). The molecule has 0 saturated carbocycles. The quantitative estimate of drug-likeness (QED) is 0.566. The third kappa shape index (κ3) is 5.22. The van der Waals surface area contributed by atoms with Crippen molar-refractivity contribution >= 4 is 29.3 Å². The van der Waals surface area contributed by atoms with Crippen molar-refractivity contribution < 1.29 is 9.59 Å². The van der Waals surface area contributed by atoms with Crippen LogP contribution in [-0.2, 0) is 9.59 Å². The first-order valence-electron chi connectivity index (χ1n) is 10.9. The fourth-order valence-electron chi connectivity index (χ4n) is 3.93. The van der Waals surface area contributed by atoms with Crippen LogP contribution < -0.4 is 5.32 Å². The van der Waals surface area contributed by atoms with E-state index in [9.17, 15) is 9.59 Å². The highest BCUT2D eigenvalue weighted by Crippen LogP contribution is 2.25. The number of rotatable bonds is 6. The number of aromatic nitrogens is 2. The van der Waals surface area contributed by atoms with E-state index < -0.39 is 0 Å². The molecule has 0 atom stereocenters. The fraction of sp³-hybridized carbons (Fsp3) is 0.320. The fourth-order valence-corrected chi connectivity index (χ4v) is 4.80. The number of hydrogen-bond donors (Lipinski definition) is 1. The van der Waals surface area contributed by atoms with Crippen molar-refractivity contribution in [1.82, 2.24) is 14.5 Å². The molecule has 3 aromatic rings. The number of amides is 2. The smallest absolute Gasteiger partial charge is 0.233 e. The maximum Gasteiger partial charge on any atom is 0.233 e. The molecular weight excluding hydrogens is 420 g/mol. The summed E-state index contributed by atoms with van der Waals surface area (Å²) in [6, 6.07) is 15.8. The highest BCUT2D eigenvalue weighted by molar-refractivity contribution is 7.99. The Hall–Kier alpha value is -3.06. The highest BCUT2D eigenvalue weighted by atomic mass is 32.2. The number of anilines is 1. The van der Waals surface area contributed by atoms with Gasteiger partial charge in [-0.3, -0.25) is 14.2 Å². The third-order valence-electron chi connectivity index (χ3n) is 5.82. The lowest BCUT2D eigenvalue weighted by Crippen LogP contribution is -2.42. The molecule has 1 saturated heterocycles. The van der Waals surface area contributed by atoms with Gasteiger partial charge in [-0.25, -0.2) is 4.98 Å². The van der Waals surface area contributed by atoms with Gasteiger partial charge in [-0.05, 0) is 56.0 Å². The van der Waals surface area contributed by atoms with E-state index in [2.05, 4.69) is 42.3 Å². The Bertz CT molecular complexity index is 1090. The number of piperidine rings is 1. The van der Waals surface area contributed by atoms with E-state index in [4.69, 9.17) is 0 Å². The third-order valence-corrected chi connectivity index (χ3v) is 6.77. The Balaban J connectivity index is 1.30. The number of likely N-dealkylation sites (tertiary alicyclic amines) is 1. The van der Waals surface area contributed by atoms with Crippen LogP contribution in [0.3, 0.4) is 0 Å². The van der Waals surface area contributed by atoms with E-state index in [1.54, 1.807) is 6.20 Å². The monoisotopic (exact) mass is 448 g/mol. The molecular formula is C25H28N4O2S.